The van der Waals surface area contributed by atoms with Gasteiger partial charge in [-0.25, -0.2) is 4.98 Å². The highest BCUT2D eigenvalue weighted by molar-refractivity contribution is 5.52. The lowest BCUT2D eigenvalue weighted by Gasteiger charge is -2.06. The van der Waals surface area contributed by atoms with Crippen LogP contribution in [0.15, 0.2) is 36.5 Å². The van der Waals surface area contributed by atoms with Gasteiger partial charge in [-0.3, -0.25) is 0 Å². The summed E-state index contributed by atoms with van der Waals surface area (Å²) in [6, 6.07) is 10.2. The second-order valence-electron chi connectivity index (χ2n) is 3.69. The predicted molar refractivity (Wildman–Crippen MR) is 65.8 cm³/mol. The number of para-hydroxylation sites is 1. The topological polar surface area (TPSA) is 52.7 Å². The average Bonchev–Trinajstić information content (AvgIpc) is 2.78. The maximum Gasteiger partial charge on any atom is 0.204 e. The van der Waals surface area contributed by atoms with Crippen molar-refractivity contribution in [1.29, 1.82) is 0 Å². The fourth-order valence-corrected chi connectivity index (χ4v) is 1.43. The molecule has 4 nitrogen and oxygen atoms in total. The third kappa shape index (κ3) is 2.41. The van der Waals surface area contributed by atoms with Crippen molar-refractivity contribution in [2.75, 3.05) is 12.4 Å². The minimum Gasteiger partial charge on any atom is -0.326 e. The third-order valence-corrected chi connectivity index (χ3v) is 2.53. The number of aromatic nitrogens is 2. The largest absolute Gasteiger partial charge is 0.326 e. The van der Waals surface area contributed by atoms with Crippen molar-refractivity contribution in [2.24, 2.45) is 0 Å². The molecule has 1 aromatic heterocycles. The first kappa shape index (κ1) is 10.7. The van der Waals surface area contributed by atoms with Crippen molar-refractivity contribution in [1.82, 2.24) is 15.3 Å². The quantitative estimate of drug-likeness (QED) is 0.735. The number of imidazole rings is 1. The summed E-state index contributed by atoms with van der Waals surface area (Å²) in [5, 5.41) is 6.37. The Kier molecular flexibility index (Phi) is 3.22. The minimum absolute atomic E-state index is 0.277. The van der Waals surface area contributed by atoms with Crippen molar-refractivity contribution in [3.63, 3.8) is 0 Å². The monoisotopic (exact) mass is 216 g/mol. The van der Waals surface area contributed by atoms with E-state index in [1.54, 1.807) is 0 Å². The van der Waals surface area contributed by atoms with Crippen LogP contribution in [0.5, 0.6) is 0 Å². The molecular weight excluding hydrogens is 200 g/mol. The summed E-state index contributed by atoms with van der Waals surface area (Å²) in [6.07, 6.45) is 1.84. The Balaban J connectivity index is 2.09. The van der Waals surface area contributed by atoms with Gasteiger partial charge in [-0.2, -0.15) is 0 Å². The molecule has 1 aromatic carbocycles. The molecule has 16 heavy (non-hydrogen) atoms. The van der Waals surface area contributed by atoms with Crippen LogP contribution in [0.2, 0.25) is 0 Å². The van der Waals surface area contributed by atoms with Crippen LogP contribution in [0.25, 0.3) is 0 Å². The molecule has 0 aliphatic carbocycles. The molecule has 1 heterocycles. The summed E-state index contributed by atoms with van der Waals surface area (Å²) in [6.45, 7) is 2.08. The number of rotatable bonds is 4. The van der Waals surface area contributed by atoms with E-state index in [1.165, 1.54) is 0 Å². The Labute approximate surface area is 95.1 Å². The molecule has 1 atom stereocenters. The zero-order valence-corrected chi connectivity index (χ0v) is 9.49. The summed E-state index contributed by atoms with van der Waals surface area (Å²) in [4.78, 5) is 7.50. The second kappa shape index (κ2) is 4.81. The van der Waals surface area contributed by atoms with E-state index in [4.69, 9.17) is 0 Å². The van der Waals surface area contributed by atoms with Gasteiger partial charge in [0, 0.05) is 11.7 Å². The van der Waals surface area contributed by atoms with Gasteiger partial charge >= 0.3 is 0 Å². The van der Waals surface area contributed by atoms with Crippen LogP contribution in [-0.4, -0.2) is 17.0 Å². The molecule has 2 rings (SSSR count). The summed E-state index contributed by atoms with van der Waals surface area (Å²) < 4.78 is 0. The van der Waals surface area contributed by atoms with E-state index in [9.17, 15) is 0 Å². The number of aromatic amines is 1. The minimum atomic E-state index is 0.277. The van der Waals surface area contributed by atoms with Gasteiger partial charge in [-0.1, -0.05) is 18.2 Å². The fraction of sp³-hybridized carbons (Fsp3) is 0.250. The van der Waals surface area contributed by atoms with E-state index < -0.39 is 0 Å². The molecular formula is C12H16N4. The predicted octanol–water partition coefficient (Wildman–Crippen LogP) is 2.43. The molecule has 0 fully saturated rings. The van der Waals surface area contributed by atoms with Crippen LogP contribution in [0.4, 0.5) is 11.6 Å². The number of nitrogens with one attached hydrogen (secondary N) is 3. The molecule has 0 radical (unpaired) electrons. The first-order valence-corrected chi connectivity index (χ1v) is 5.34. The van der Waals surface area contributed by atoms with Crippen LogP contribution in [0.3, 0.4) is 0 Å². The average molecular weight is 216 g/mol. The van der Waals surface area contributed by atoms with Crippen LogP contribution < -0.4 is 10.6 Å². The zero-order valence-electron chi connectivity index (χ0n) is 9.49. The number of benzene rings is 1. The van der Waals surface area contributed by atoms with Gasteiger partial charge in [-0.15, -0.1) is 0 Å². The van der Waals surface area contributed by atoms with E-state index in [2.05, 4.69) is 27.5 Å². The third-order valence-electron chi connectivity index (χ3n) is 2.53. The highest BCUT2D eigenvalue weighted by Gasteiger charge is 2.06. The molecule has 3 N–H and O–H groups in total. The van der Waals surface area contributed by atoms with Crippen LogP contribution in [-0.2, 0) is 0 Å². The van der Waals surface area contributed by atoms with Crippen molar-refractivity contribution in [2.45, 2.75) is 13.0 Å². The number of anilines is 2. The summed E-state index contributed by atoms with van der Waals surface area (Å²) in [5.41, 5.74) is 2.10. The van der Waals surface area contributed by atoms with E-state index in [0.29, 0.717) is 0 Å². The van der Waals surface area contributed by atoms with E-state index in [0.717, 1.165) is 17.3 Å². The van der Waals surface area contributed by atoms with Gasteiger partial charge in [0.05, 0.1) is 11.9 Å². The van der Waals surface area contributed by atoms with Crippen molar-refractivity contribution >= 4 is 11.6 Å². The lowest BCUT2D eigenvalue weighted by molar-refractivity contribution is 0.637. The van der Waals surface area contributed by atoms with Crippen LogP contribution in [0, 0.1) is 0 Å². The lowest BCUT2D eigenvalue weighted by Crippen LogP contribution is -2.12. The maximum absolute atomic E-state index is 4.27. The fourth-order valence-electron chi connectivity index (χ4n) is 1.43. The van der Waals surface area contributed by atoms with Gasteiger partial charge in [-0.05, 0) is 26.1 Å². The van der Waals surface area contributed by atoms with Crippen molar-refractivity contribution < 1.29 is 0 Å². The normalized spacial score (nSPS) is 12.4. The Bertz CT molecular complexity index is 435. The molecule has 0 aliphatic heterocycles. The van der Waals surface area contributed by atoms with Gasteiger partial charge in [0.15, 0.2) is 0 Å². The molecule has 0 aliphatic rings. The molecule has 1 unspecified atom stereocenters. The van der Waals surface area contributed by atoms with E-state index >= 15 is 0 Å². The molecule has 4 heteroatoms. The Hall–Kier alpha value is -1.81. The standard InChI is InChI=1S/C12H16N4/c1-9(13-2)11-8-14-12(16-11)15-10-6-4-3-5-7-10/h3-9,13H,1-2H3,(H2,14,15,16). The molecule has 2 aromatic rings. The van der Waals surface area contributed by atoms with Gasteiger partial charge in [0.1, 0.15) is 0 Å². The Morgan fingerprint density at radius 2 is 2.00 bits per heavy atom. The highest BCUT2D eigenvalue weighted by Crippen LogP contribution is 2.15. The molecule has 84 valence electrons. The van der Waals surface area contributed by atoms with Crippen molar-refractivity contribution in [3.05, 3.63) is 42.2 Å². The Morgan fingerprint density at radius 1 is 1.25 bits per heavy atom. The summed E-state index contributed by atoms with van der Waals surface area (Å²) >= 11 is 0. The SMILES string of the molecule is CNC(C)c1cnc(Nc2ccccc2)[nH]1. The molecule has 0 amide bonds. The number of H-pyrrole nitrogens is 1. The highest BCUT2D eigenvalue weighted by atomic mass is 15.1. The number of hydrogen-bond acceptors (Lipinski definition) is 3. The van der Waals surface area contributed by atoms with Gasteiger partial charge in [0.2, 0.25) is 5.95 Å². The first-order chi connectivity index (χ1) is 7.79. The zero-order chi connectivity index (χ0) is 11.4. The maximum atomic E-state index is 4.27. The molecule has 0 bridgehead atoms. The molecule has 0 saturated carbocycles. The van der Waals surface area contributed by atoms with E-state index in [1.807, 2.05) is 43.6 Å². The summed E-state index contributed by atoms with van der Waals surface area (Å²) in [5.74, 6) is 0.767. The lowest BCUT2D eigenvalue weighted by atomic mass is 10.3. The van der Waals surface area contributed by atoms with Gasteiger partial charge in [0.25, 0.3) is 0 Å². The molecule has 0 spiro atoms. The van der Waals surface area contributed by atoms with Crippen molar-refractivity contribution in [3.8, 4) is 0 Å². The Morgan fingerprint density at radius 3 is 2.69 bits per heavy atom. The smallest absolute Gasteiger partial charge is 0.204 e. The van der Waals surface area contributed by atoms with Crippen LogP contribution in [0.1, 0.15) is 18.7 Å². The number of nitrogens with zero attached hydrogens (tertiary/aromatic N) is 1. The second-order valence-corrected chi connectivity index (χ2v) is 3.69. The molecule has 0 saturated heterocycles. The first-order valence-electron chi connectivity index (χ1n) is 5.34. The number of hydrogen-bond donors (Lipinski definition) is 3. The van der Waals surface area contributed by atoms with Crippen LogP contribution >= 0.6 is 0 Å². The van der Waals surface area contributed by atoms with E-state index in [-0.39, 0.29) is 6.04 Å². The van der Waals surface area contributed by atoms with Gasteiger partial charge < -0.3 is 15.6 Å². The summed E-state index contributed by atoms with van der Waals surface area (Å²) in [7, 11) is 1.93.